The Kier molecular flexibility index (Phi) is 36.2. The van der Waals surface area contributed by atoms with Crippen LogP contribution in [0.5, 0.6) is 0 Å². The normalized spacial score (nSPS) is 6.27. The Morgan fingerprint density at radius 1 is 1.00 bits per heavy atom. The van der Waals surface area contributed by atoms with Gasteiger partial charge in [0.15, 0.2) is 0 Å². The summed E-state index contributed by atoms with van der Waals surface area (Å²) in [5.74, 6) is -2.46. The van der Waals surface area contributed by atoms with Crippen LogP contribution in [0.25, 0.3) is 11.5 Å². The average Bonchev–Trinajstić information content (AvgIpc) is 2.19. The second-order valence-electron chi connectivity index (χ2n) is 1.55. The predicted molar refractivity (Wildman–Crippen MR) is 48.8 cm³/mol. The van der Waals surface area contributed by atoms with Gasteiger partial charge >= 0.3 is 17.1 Å². The van der Waals surface area contributed by atoms with Crippen LogP contribution in [0.2, 0.25) is 0 Å². The van der Waals surface area contributed by atoms with Crippen LogP contribution in [0.4, 0.5) is 0 Å². The van der Waals surface area contributed by atoms with E-state index < -0.39 is 11.9 Å². The molecular weight excluding hydrogens is 252 g/mol. The van der Waals surface area contributed by atoms with E-state index in [-0.39, 0.29) is 30.2 Å². The van der Waals surface area contributed by atoms with Crippen LogP contribution in [0.3, 0.4) is 0 Å². The molecule has 0 fully saturated rings. The topological polar surface area (TPSA) is 128 Å². The molecule has 2 N–H and O–H groups in total. The maximum atomic E-state index is 9.14. The first-order valence-electron chi connectivity index (χ1n) is 3.42. The van der Waals surface area contributed by atoms with Crippen molar-refractivity contribution in [3.8, 4) is 0 Å². The summed E-state index contributed by atoms with van der Waals surface area (Å²) >= 11 is 0. The summed E-state index contributed by atoms with van der Waals surface area (Å²) in [6, 6.07) is 0. The summed E-state index contributed by atoms with van der Waals surface area (Å²) < 4.78 is 0. The third-order valence-corrected chi connectivity index (χ3v) is 0.458. The number of aliphatic carboxylic acids is 2. The fourth-order valence-corrected chi connectivity index (χ4v) is 0. The number of carbonyl (C=O) groups is 2. The molecule has 0 aromatic rings. The number of carboxylic acids is 2. The molecule has 1 radical (unpaired) electrons. The van der Waals surface area contributed by atoms with Crippen molar-refractivity contribution in [2.24, 2.45) is 0 Å². The molecule has 91 valence electrons. The minimum Gasteiger partial charge on any atom is -0.679 e. The van der Waals surface area contributed by atoms with Gasteiger partial charge in [-0.25, -0.2) is 0 Å². The van der Waals surface area contributed by atoms with Crippen LogP contribution in [-0.2, 0) is 26.7 Å². The molecule has 0 saturated carbocycles. The summed E-state index contributed by atoms with van der Waals surface area (Å²) in [5, 5.41) is 18.3. The monoisotopic (exact) mass is 263 g/mol. The average molecular weight is 264 g/mol. The maximum absolute atomic E-state index is 9.14. The Balaban J connectivity index is -0.0000000590. The molecule has 0 saturated heterocycles. The van der Waals surface area contributed by atoms with Crippen molar-refractivity contribution in [3.05, 3.63) is 36.8 Å². The van der Waals surface area contributed by atoms with Gasteiger partial charge in [0.1, 0.15) is 0 Å². The summed E-state index contributed by atoms with van der Waals surface area (Å²) in [5.41, 5.74) is 12.5. The molecule has 0 rings (SSSR count). The maximum Gasteiger partial charge on any atom is 2.00 e. The van der Waals surface area contributed by atoms with Gasteiger partial charge in [0, 0.05) is 0 Å². The molecule has 0 aliphatic carbocycles. The van der Waals surface area contributed by atoms with Crippen molar-refractivity contribution in [2.45, 2.75) is 0 Å². The molecule has 15 heavy (non-hydrogen) atoms. The summed E-state index contributed by atoms with van der Waals surface area (Å²) in [4.78, 5) is 18.3. The van der Waals surface area contributed by atoms with Crippen LogP contribution in [0, 0.1) is 0 Å². The van der Waals surface area contributed by atoms with Gasteiger partial charge in [-0.05, 0) is 12.2 Å². The first kappa shape index (κ1) is 23.6. The van der Waals surface area contributed by atoms with Gasteiger partial charge in [-0.2, -0.15) is 13.1 Å². The van der Waals surface area contributed by atoms with E-state index in [2.05, 4.69) is 13.2 Å². The van der Waals surface area contributed by atoms with E-state index in [1.165, 1.54) is 0 Å². The van der Waals surface area contributed by atoms with Crippen molar-refractivity contribution in [1.29, 1.82) is 0 Å². The third kappa shape index (κ3) is 102. The Morgan fingerprint density at radius 2 is 1.13 bits per heavy atom. The number of hydrogen-bond donors (Lipinski definition) is 0. The fraction of sp³-hybridized carbons (Fsp3) is 0.250. The minimum atomic E-state index is -1.23. The molecule has 0 amide bonds. The zero-order valence-electron chi connectivity index (χ0n) is 7.92. The number of carbonyl (C=O) groups excluding carboxylic acids is 2. The molecule has 7 heteroatoms. The van der Waals surface area contributed by atoms with Gasteiger partial charge in [0.25, 0.3) is 0 Å². The molecule has 0 aliphatic heterocycles. The smallest absolute Gasteiger partial charge is 0.679 e. The molecule has 0 aromatic heterocycles. The van der Waals surface area contributed by atoms with Gasteiger partial charge in [0.2, 0.25) is 0 Å². The van der Waals surface area contributed by atoms with E-state index >= 15 is 0 Å². The second-order valence-corrected chi connectivity index (χ2v) is 1.55. The van der Waals surface area contributed by atoms with Gasteiger partial charge in [0.05, 0.1) is 11.9 Å². The quantitative estimate of drug-likeness (QED) is 0.474. The van der Waals surface area contributed by atoms with E-state index in [1.54, 1.807) is 0 Å². The van der Waals surface area contributed by atoms with Crippen LogP contribution in [-0.4, -0.2) is 25.0 Å². The second kappa shape index (κ2) is 23.0. The zero-order valence-corrected chi connectivity index (χ0v) is 8.86. The Morgan fingerprint density at radius 3 is 1.13 bits per heavy atom. The first-order chi connectivity index (χ1) is 6.45. The Hall–Kier alpha value is -1.14. The molecule has 0 bridgehead atoms. The van der Waals surface area contributed by atoms with Crippen LogP contribution >= 0.6 is 0 Å². The van der Waals surface area contributed by atoms with E-state index in [0.29, 0.717) is 0 Å². The van der Waals surface area contributed by atoms with E-state index in [1.807, 2.05) is 0 Å². The number of hydrogen-bond acceptors (Lipinski definition) is 4. The van der Waals surface area contributed by atoms with Gasteiger partial charge < -0.3 is 31.3 Å². The van der Waals surface area contributed by atoms with Gasteiger partial charge in [-0.3, -0.25) is 0 Å². The Bertz CT molecular complexity index is 165. The van der Waals surface area contributed by atoms with Crippen molar-refractivity contribution in [2.75, 3.05) is 13.1 Å². The molecule has 0 aliphatic rings. The van der Waals surface area contributed by atoms with Gasteiger partial charge in [-0.1, -0.05) is 13.2 Å². The molecule has 0 heterocycles. The van der Waals surface area contributed by atoms with Crippen molar-refractivity contribution in [1.82, 2.24) is 0 Å². The molecule has 0 unspecified atom stereocenters. The van der Waals surface area contributed by atoms with Gasteiger partial charge in [-0.15, -0.1) is 0 Å². The number of carboxylic acid groups (broad SMARTS) is 2. The number of nitrogens with one attached hydrogen (secondary N) is 2. The van der Waals surface area contributed by atoms with E-state index in [9.17, 15) is 0 Å². The number of rotatable bonds is 3. The zero-order chi connectivity index (χ0) is 12.0. The van der Waals surface area contributed by atoms with Crippen molar-refractivity contribution in [3.63, 3.8) is 0 Å². The summed E-state index contributed by atoms with van der Waals surface area (Å²) in [6.07, 6.45) is 1.44. The largest absolute Gasteiger partial charge is 2.00 e. The van der Waals surface area contributed by atoms with Crippen molar-refractivity contribution >= 4 is 11.9 Å². The molecule has 0 atom stereocenters. The van der Waals surface area contributed by atoms with E-state index in [0.717, 1.165) is 12.2 Å². The predicted octanol–water partition coefficient (Wildman–Crippen LogP) is -1.07. The first-order valence-corrected chi connectivity index (χ1v) is 3.42. The Labute approximate surface area is 99.1 Å². The van der Waals surface area contributed by atoms with Crippen LogP contribution in [0.1, 0.15) is 0 Å². The fourth-order valence-electron chi connectivity index (χ4n) is 0. The molecule has 6 nitrogen and oxygen atoms in total. The minimum absolute atomic E-state index is 0. The van der Waals surface area contributed by atoms with Crippen LogP contribution in [0.15, 0.2) is 25.3 Å². The summed E-state index contributed by atoms with van der Waals surface area (Å²) in [6.45, 7) is 6.27. The molecular formula is C8H12CuN2O4-2. The molecule has 0 aromatic carbocycles. The van der Waals surface area contributed by atoms with Crippen LogP contribution < -0.4 is 10.2 Å². The SMILES string of the molecule is C=CC(=O)[O-].C=CC(=O)[O-].[Cu+2].[NH-]CC[NH-]. The van der Waals surface area contributed by atoms with Crippen molar-refractivity contribution < 1.29 is 36.9 Å². The third-order valence-electron chi connectivity index (χ3n) is 0.458. The summed E-state index contributed by atoms with van der Waals surface area (Å²) in [7, 11) is 0. The standard InChI is InChI=1S/2C3H4O2.C2H6N2.Cu/c2*1-2-3(4)5;3-1-2-4;/h2*2H,1H2,(H,4,5);3-4H,1-2H2;/q;;-2;+2/p-2. The molecule has 0 spiro atoms. The van der Waals surface area contributed by atoms with E-state index in [4.69, 9.17) is 31.3 Å².